The van der Waals surface area contributed by atoms with E-state index in [1.165, 1.54) is 11.9 Å². The Kier molecular flexibility index (Phi) is 15.7. The summed E-state index contributed by atoms with van der Waals surface area (Å²) in [6.45, 7) is 21.2. The summed E-state index contributed by atoms with van der Waals surface area (Å²) >= 11 is 0. The van der Waals surface area contributed by atoms with E-state index in [4.69, 9.17) is 28.4 Å². The van der Waals surface area contributed by atoms with E-state index in [0.29, 0.717) is 37.2 Å². The molecule has 4 heterocycles. The Hall–Kier alpha value is -5.11. The number of alkyl carbamates (subject to hydrolysis) is 1. The van der Waals surface area contributed by atoms with E-state index >= 15 is 0 Å². The van der Waals surface area contributed by atoms with Crippen LogP contribution in [0.2, 0.25) is 0 Å². The van der Waals surface area contributed by atoms with E-state index in [1.807, 2.05) is 57.7 Å². The van der Waals surface area contributed by atoms with Gasteiger partial charge in [0.15, 0.2) is 29.0 Å². The van der Waals surface area contributed by atoms with Crippen molar-refractivity contribution in [1.29, 1.82) is 0 Å². The summed E-state index contributed by atoms with van der Waals surface area (Å²) in [6.07, 6.45) is 0.382. The van der Waals surface area contributed by atoms with E-state index in [9.17, 15) is 24.3 Å². The van der Waals surface area contributed by atoms with E-state index in [0.717, 1.165) is 12.8 Å². The molecule has 0 spiro atoms. The van der Waals surface area contributed by atoms with Crippen LogP contribution >= 0.6 is 0 Å². The van der Waals surface area contributed by atoms with Gasteiger partial charge >= 0.3 is 24.2 Å². The number of fused-ring (bicyclic) bond motifs is 2. The molecule has 3 amide bonds. The van der Waals surface area contributed by atoms with Gasteiger partial charge in [-0.05, 0) is 114 Å². The Bertz CT molecular complexity index is 2030. The number of carbonyl (C=O) groups excluding carboxylic acids is 3. The summed E-state index contributed by atoms with van der Waals surface area (Å²) in [6, 6.07) is 8.81. The number of aromatic nitrogens is 4. The summed E-state index contributed by atoms with van der Waals surface area (Å²) in [5.41, 5.74) is -0.404. The van der Waals surface area contributed by atoms with Crippen molar-refractivity contribution >= 4 is 41.2 Å². The van der Waals surface area contributed by atoms with Gasteiger partial charge in [0.25, 0.3) is 0 Å². The number of imidazole rings is 1. The number of hydrogen-bond acceptors (Lipinski definition) is 14. The number of hydrogen-bond donors (Lipinski definition) is 3. The molecule has 5 rings (SSSR count). The zero-order valence-corrected chi connectivity index (χ0v) is 38.5. The van der Waals surface area contributed by atoms with Gasteiger partial charge in [0.2, 0.25) is 0 Å². The van der Waals surface area contributed by atoms with Crippen molar-refractivity contribution in [2.45, 2.75) is 155 Å². The van der Waals surface area contributed by atoms with E-state index in [2.05, 4.69) is 37.7 Å². The van der Waals surface area contributed by atoms with Gasteiger partial charge in [-0.1, -0.05) is 30.3 Å². The minimum absolute atomic E-state index is 0.0328. The molecule has 3 aromatic rings. The summed E-state index contributed by atoms with van der Waals surface area (Å²) in [4.78, 5) is 68.3. The molecule has 2 aliphatic heterocycles. The van der Waals surface area contributed by atoms with Crippen molar-refractivity contribution in [1.82, 2.24) is 34.6 Å². The van der Waals surface area contributed by atoms with Gasteiger partial charge in [0.1, 0.15) is 47.5 Å². The highest BCUT2D eigenvalue weighted by Gasteiger charge is 2.56. The molecule has 19 heteroatoms. The fourth-order valence-electron chi connectivity index (χ4n) is 7.35. The maximum Gasteiger partial charge on any atom is 0.413 e. The normalized spacial score (nSPS) is 20.3. The molecular weight excluding hydrogens is 817 g/mol. The number of carboxylic acid groups (broad SMARTS) is 1. The average Bonchev–Trinajstić information content (AvgIpc) is 3.81. The molecule has 348 valence electrons. The average molecular weight is 883 g/mol. The quantitative estimate of drug-likeness (QED) is 0.123. The molecule has 0 aliphatic carbocycles. The number of aryl methyl sites for hydroxylation is 1. The SMILES string of the molecule is CC(C)(C)OC(=O)Nc1ncnc2c1ncn2[C@@H]1O[C@H](CN(CCCN(CCCc2ccccc2)C(=O)OC(C)(C)C)CCC(NC(=O)OC(C)(C)C)C(=O)O)[C@H]2OC(C)(C)O[C@H]21. The van der Waals surface area contributed by atoms with Gasteiger partial charge in [-0.25, -0.2) is 34.1 Å². The van der Waals surface area contributed by atoms with Crippen molar-refractivity contribution in [2.75, 3.05) is 38.0 Å². The fraction of sp³-hybridized carbons (Fsp3) is 0.659. The fourth-order valence-corrected chi connectivity index (χ4v) is 7.35. The van der Waals surface area contributed by atoms with E-state index in [1.54, 1.807) is 57.3 Å². The molecule has 2 aromatic heterocycles. The lowest BCUT2D eigenvalue weighted by atomic mass is 10.1. The monoisotopic (exact) mass is 882 g/mol. The van der Waals surface area contributed by atoms with Gasteiger partial charge < -0.3 is 48.6 Å². The predicted octanol–water partition coefficient (Wildman–Crippen LogP) is 6.52. The number of carbonyl (C=O) groups is 4. The molecule has 63 heavy (non-hydrogen) atoms. The third-order valence-electron chi connectivity index (χ3n) is 9.83. The van der Waals surface area contributed by atoms with Crippen molar-refractivity contribution in [3.8, 4) is 0 Å². The molecule has 5 atom stereocenters. The lowest BCUT2D eigenvalue weighted by Gasteiger charge is -2.31. The van der Waals surface area contributed by atoms with E-state index in [-0.39, 0.29) is 25.3 Å². The smallest absolute Gasteiger partial charge is 0.413 e. The largest absolute Gasteiger partial charge is 0.480 e. The molecule has 0 saturated carbocycles. The Morgan fingerprint density at radius 2 is 1.46 bits per heavy atom. The van der Waals surface area contributed by atoms with Crippen molar-refractivity contribution in [2.24, 2.45) is 0 Å². The van der Waals surface area contributed by atoms with Crippen LogP contribution in [0.5, 0.6) is 0 Å². The van der Waals surface area contributed by atoms with Crippen molar-refractivity contribution in [3.05, 3.63) is 48.5 Å². The first-order valence-electron chi connectivity index (χ1n) is 21.5. The van der Waals surface area contributed by atoms with Crippen LogP contribution in [-0.4, -0.2) is 138 Å². The minimum atomic E-state index is -1.26. The van der Waals surface area contributed by atoms with Gasteiger partial charge in [-0.3, -0.25) is 9.88 Å². The highest BCUT2D eigenvalue weighted by molar-refractivity contribution is 5.93. The molecule has 2 fully saturated rings. The molecule has 1 unspecified atom stereocenters. The van der Waals surface area contributed by atoms with Crippen molar-refractivity contribution < 1.29 is 52.7 Å². The van der Waals surface area contributed by atoms with Gasteiger partial charge in [-0.2, -0.15) is 0 Å². The van der Waals surface area contributed by atoms with Gasteiger partial charge in [0.05, 0.1) is 6.33 Å². The highest BCUT2D eigenvalue weighted by atomic mass is 16.8. The second-order valence-corrected chi connectivity index (χ2v) is 19.3. The first kappa shape index (κ1) is 48.9. The number of amides is 3. The zero-order chi connectivity index (χ0) is 46.3. The maximum atomic E-state index is 13.5. The van der Waals surface area contributed by atoms with Gasteiger partial charge in [0, 0.05) is 26.2 Å². The van der Waals surface area contributed by atoms with Crippen LogP contribution in [0, 0.1) is 0 Å². The molecule has 2 saturated heterocycles. The van der Waals surface area contributed by atoms with E-state index < -0.39 is 77.4 Å². The Morgan fingerprint density at radius 3 is 2.11 bits per heavy atom. The molecule has 3 N–H and O–H groups in total. The number of benzene rings is 1. The van der Waals surface area contributed by atoms with Crippen LogP contribution in [0.4, 0.5) is 20.2 Å². The predicted molar refractivity (Wildman–Crippen MR) is 232 cm³/mol. The lowest BCUT2D eigenvalue weighted by molar-refractivity contribution is -0.198. The number of aliphatic carboxylic acids is 1. The number of anilines is 1. The standard InChI is InChI=1S/C44H66N8O11/c1-41(2,3)61-38(55)48-29(37(53)54)20-24-50(21-16-23-51(40(57)63-43(7,8)9)22-15-19-28-17-13-12-14-18-28)25-30-32-33(60-44(10,11)59-32)36(58-30)52-27-47-31-34(45-26-46-35(31)52)49-39(56)62-42(4,5)6/h12-14,17-18,26-27,29-30,32-33,36H,15-16,19-25H2,1-11H3,(H,48,55)(H,53,54)(H,45,46,49,56)/t29?,30-,32-,33-,36-/m1/s1. The number of nitrogens with zero attached hydrogens (tertiary/aromatic N) is 6. The summed E-state index contributed by atoms with van der Waals surface area (Å²) < 4.78 is 37.9. The molecule has 0 radical (unpaired) electrons. The first-order chi connectivity index (χ1) is 29.4. The molecule has 1 aromatic carbocycles. The Balaban J connectivity index is 1.37. The van der Waals surface area contributed by atoms with Crippen LogP contribution in [0.15, 0.2) is 43.0 Å². The Morgan fingerprint density at radius 1 is 0.825 bits per heavy atom. The van der Waals surface area contributed by atoms with Crippen LogP contribution < -0.4 is 10.6 Å². The van der Waals surface area contributed by atoms with Crippen molar-refractivity contribution in [3.63, 3.8) is 0 Å². The third kappa shape index (κ3) is 14.7. The summed E-state index contributed by atoms with van der Waals surface area (Å²) in [7, 11) is 0. The molecular formula is C44H66N8O11. The van der Waals surface area contributed by atoms with Crippen LogP contribution in [-0.2, 0) is 39.6 Å². The highest BCUT2D eigenvalue weighted by Crippen LogP contribution is 2.44. The number of nitrogens with one attached hydrogen (secondary N) is 2. The zero-order valence-electron chi connectivity index (χ0n) is 38.5. The topological polar surface area (TPSA) is 218 Å². The Labute approximate surface area is 369 Å². The summed E-state index contributed by atoms with van der Waals surface area (Å²) in [5.74, 6) is -2.03. The third-order valence-corrected chi connectivity index (χ3v) is 9.83. The van der Waals surface area contributed by atoms with Gasteiger partial charge in [-0.15, -0.1) is 0 Å². The number of ether oxygens (including phenoxy) is 6. The molecule has 2 aliphatic rings. The number of rotatable bonds is 17. The molecule has 0 bridgehead atoms. The second-order valence-electron chi connectivity index (χ2n) is 19.3. The number of carboxylic acids is 1. The van der Waals surface area contributed by atoms with Crippen LogP contribution in [0.25, 0.3) is 11.2 Å². The summed E-state index contributed by atoms with van der Waals surface area (Å²) in [5, 5.41) is 15.3. The second kappa shape index (κ2) is 20.2. The van der Waals surface area contributed by atoms with Crippen LogP contribution in [0.1, 0.15) is 107 Å². The minimum Gasteiger partial charge on any atom is -0.480 e. The first-order valence-corrected chi connectivity index (χ1v) is 21.5. The van der Waals surface area contributed by atoms with Crippen LogP contribution in [0.3, 0.4) is 0 Å². The maximum absolute atomic E-state index is 13.5. The molecule has 19 nitrogen and oxygen atoms in total. The lowest BCUT2D eigenvalue weighted by Crippen LogP contribution is -2.47.